The van der Waals surface area contributed by atoms with E-state index in [2.05, 4.69) is 35.3 Å². The van der Waals surface area contributed by atoms with Gasteiger partial charge in [0.25, 0.3) is 10.0 Å². The van der Waals surface area contributed by atoms with Crippen LogP contribution in [0.2, 0.25) is 0 Å². The molecule has 1 fully saturated rings. The molecule has 2 aromatic rings. The zero-order chi connectivity index (χ0) is 21.2. The number of nitrogens with two attached hydrogens (primary N) is 2. The molecule has 0 spiro atoms. The average Bonchev–Trinajstić information content (AvgIpc) is 3.32. The smallest absolute Gasteiger partial charge is 0.267 e. The summed E-state index contributed by atoms with van der Waals surface area (Å²) in [5.74, 6) is -1.24. The van der Waals surface area contributed by atoms with Gasteiger partial charge in [-0.15, -0.1) is 0 Å². The van der Waals surface area contributed by atoms with Gasteiger partial charge in [0.05, 0.1) is 11.4 Å². The average molecular weight is 507 g/mol. The van der Waals surface area contributed by atoms with Crippen molar-refractivity contribution in [1.29, 1.82) is 0 Å². The van der Waals surface area contributed by atoms with E-state index < -0.39 is 20.7 Å². The standard InChI is InChI=1S/C17H24BrFN6O2S2/c1-2-3-7-22-15-13(19)16(29(26,27)25-17-23-8-24-28-17)11(12(18)14(15)21)9-5-4-6-10(9)20/h8-10,22H,2-7,20-21H2,1H3,(H,23,24,25). The van der Waals surface area contributed by atoms with Gasteiger partial charge >= 0.3 is 0 Å². The fourth-order valence-corrected chi connectivity index (χ4v) is 6.45. The molecule has 160 valence electrons. The van der Waals surface area contributed by atoms with Gasteiger partial charge < -0.3 is 16.8 Å². The van der Waals surface area contributed by atoms with Crippen molar-refractivity contribution in [3.63, 3.8) is 0 Å². The molecule has 1 aromatic heterocycles. The number of benzene rings is 1. The summed E-state index contributed by atoms with van der Waals surface area (Å²) in [5.41, 5.74) is 12.8. The fourth-order valence-electron chi connectivity index (χ4n) is 3.59. The van der Waals surface area contributed by atoms with Gasteiger partial charge in [0.1, 0.15) is 11.2 Å². The molecular weight excluding hydrogens is 483 g/mol. The number of sulfonamides is 1. The van der Waals surface area contributed by atoms with E-state index in [9.17, 15) is 8.42 Å². The maximum atomic E-state index is 15.7. The Morgan fingerprint density at radius 3 is 2.76 bits per heavy atom. The number of nitrogens with zero attached hydrogens (tertiary/aromatic N) is 2. The minimum Gasteiger partial charge on any atom is -0.396 e. The van der Waals surface area contributed by atoms with E-state index in [1.807, 2.05) is 6.92 Å². The van der Waals surface area contributed by atoms with Crippen molar-refractivity contribution in [2.75, 3.05) is 22.3 Å². The highest BCUT2D eigenvalue weighted by Gasteiger charge is 2.38. The highest BCUT2D eigenvalue weighted by atomic mass is 79.9. The summed E-state index contributed by atoms with van der Waals surface area (Å²) in [6.07, 6.45) is 5.13. The van der Waals surface area contributed by atoms with Gasteiger partial charge in [0.15, 0.2) is 5.82 Å². The minimum absolute atomic E-state index is 0.0294. The van der Waals surface area contributed by atoms with Gasteiger partial charge in [0.2, 0.25) is 5.13 Å². The molecule has 29 heavy (non-hydrogen) atoms. The Morgan fingerprint density at radius 2 is 2.17 bits per heavy atom. The quantitative estimate of drug-likeness (QED) is 0.316. The zero-order valence-electron chi connectivity index (χ0n) is 15.9. The van der Waals surface area contributed by atoms with E-state index in [-0.39, 0.29) is 34.0 Å². The first kappa shape index (κ1) is 22.2. The molecule has 0 aliphatic heterocycles. The van der Waals surface area contributed by atoms with E-state index in [4.69, 9.17) is 11.5 Å². The van der Waals surface area contributed by atoms with Gasteiger partial charge in [-0.1, -0.05) is 19.8 Å². The second kappa shape index (κ2) is 9.11. The monoisotopic (exact) mass is 506 g/mol. The molecule has 1 saturated carbocycles. The van der Waals surface area contributed by atoms with Crippen molar-refractivity contribution >= 4 is 54.0 Å². The highest BCUT2D eigenvalue weighted by molar-refractivity contribution is 9.10. The van der Waals surface area contributed by atoms with Gasteiger partial charge in [-0.3, -0.25) is 4.72 Å². The maximum Gasteiger partial charge on any atom is 0.267 e. The Kier molecular flexibility index (Phi) is 6.97. The van der Waals surface area contributed by atoms with Crippen LogP contribution in [0.5, 0.6) is 0 Å². The zero-order valence-corrected chi connectivity index (χ0v) is 19.1. The number of halogens is 2. The lowest BCUT2D eigenvalue weighted by Gasteiger charge is -2.25. The Bertz CT molecular complexity index is 971. The predicted molar refractivity (Wildman–Crippen MR) is 117 cm³/mol. The molecule has 8 nitrogen and oxygen atoms in total. The first-order valence-corrected chi connectivity index (χ1v) is 12.4. The van der Waals surface area contributed by atoms with Crippen molar-refractivity contribution in [3.8, 4) is 0 Å². The largest absolute Gasteiger partial charge is 0.396 e. The van der Waals surface area contributed by atoms with Crippen LogP contribution in [0, 0.1) is 5.82 Å². The Balaban J connectivity index is 2.19. The van der Waals surface area contributed by atoms with Gasteiger partial charge in [0, 0.05) is 34.5 Å². The van der Waals surface area contributed by atoms with Gasteiger partial charge in [-0.25, -0.2) is 17.8 Å². The van der Waals surface area contributed by atoms with Crippen LogP contribution in [0.15, 0.2) is 15.7 Å². The summed E-state index contributed by atoms with van der Waals surface area (Å²) in [6.45, 7) is 2.47. The molecule has 0 radical (unpaired) electrons. The lowest BCUT2D eigenvalue weighted by molar-refractivity contribution is 0.546. The number of hydrogen-bond donors (Lipinski definition) is 4. The van der Waals surface area contributed by atoms with Crippen molar-refractivity contribution in [3.05, 3.63) is 22.2 Å². The second-order valence-electron chi connectivity index (χ2n) is 6.99. The molecule has 1 aliphatic rings. The Morgan fingerprint density at radius 1 is 1.41 bits per heavy atom. The first-order valence-electron chi connectivity index (χ1n) is 9.37. The summed E-state index contributed by atoms with van der Waals surface area (Å²) in [4.78, 5) is 3.39. The molecule has 6 N–H and O–H groups in total. The molecule has 1 aliphatic carbocycles. The lowest BCUT2D eigenvalue weighted by Crippen LogP contribution is -2.27. The molecule has 0 saturated heterocycles. The molecule has 2 atom stereocenters. The number of anilines is 3. The van der Waals surface area contributed by atoms with Crippen LogP contribution in [-0.4, -0.2) is 30.4 Å². The minimum atomic E-state index is -4.30. The van der Waals surface area contributed by atoms with Crippen LogP contribution in [0.3, 0.4) is 0 Å². The summed E-state index contributed by atoms with van der Waals surface area (Å²) in [7, 11) is -4.30. The number of nitrogen functional groups attached to an aromatic ring is 1. The number of hydrogen-bond acceptors (Lipinski definition) is 8. The predicted octanol–water partition coefficient (Wildman–Crippen LogP) is 3.63. The molecule has 2 unspecified atom stereocenters. The van der Waals surface area contributed by atoms with Gasteiger partial charge in [-0.05, 0) is 40.8 Å². The third-order valence-electron chi connectivity index (χ3n) is 5.03. The summed E-state index contributed by atoms with van der Waals surface area (Å²) in [6, 6.07) is -0.278. The molecule has 0 bridgehead atoms. The second-order valence-corrected chi connectivity index (χ2v) is 10.2. The van der Waals surface area contributed by atoms with Gasteiger partial charge in [-0.2, -0.15) is 4.37 Å². The lowest BCUT2D eigenvalue weighted by atomic mass is 9.93. The van der Waals surface area contributed by atoms with E-state index in [0.29, 0.717) is 17.4 Å². The van der Waals surface area contributed by atoms with Crippen LogP contribution < -0.4 is 21.5 Å². The summed E-state index contributed by atoms with van der Waals surface area (Å²) in [5, 5.41) is 3.00. The topological polar surface area (TPSA) is 136 Å². The number of nitrogens with one attached hydrogen (secondary N) is 2. The van der Waals surface area contributed by atoms with Crippen LogP contribution in [0.4, 0.5) is 20.9 Å². The number of rotatable bonds is 8. The molecule has 0 amide bonds. The normalized spacial score (nSPS) is 19.4. The van der Waals surface area contributed by atoms with E-state index in [0.717, 1.165) is 37.2 Å². The molecule has 12 heteroatoms. The molecule has 1 heterocycles. The van der Waals surface area contributed by atoms with Crippen LogP contribution in [-0.2, 0) is 10.0 Å². The van der Waals surface area contributed by atoms with Crippen molar-refractivity contribution < 1.29 is 12.8 Å². The van der Waals surface area contributed by atoms with Crippen molar-refractivity contribution in [2.45, 2.75) is 55.9 Å². The van der Waals surface area contributed by atoms with E-state index >= 15 is 4.39 Å². The van der Waals surface area contributed by atoms with Crippen LogP contribution >= 0.6 is 27.5 Å². The van der Waals surface area contributed by atoms with Crippen molar-refractivity contribution in [1.82, 2.24) is 9.36 Å². The highest BCUT2D eigenvalue weighted by Crippen LogP contribution is 2.47. The van der Waals surface area contributed by atoms with E-state index in [1.165, 1.54) is 6.33 Å². The summed E-state index contributed by atoms with van der Waals surface area (Å²) < 4.78 is 48.5. The van der Waals surface area contributed by atoms with Crippen LogP contribution in [0.1, 0.15) is 50.5 Å². The molecular formula is C17H24BrFN6O2S2. The molecule has 3 rings (SSSR count). The van der Waals surface area contributed by atoms with E-state index in [1.54, 1.807) is 0 Å². The van der Waals surface area contributed by atoms with Crippen LogP contribution in [0.25, 0.3) is 0 Å². The third-order valence-corrected chi connectivity index (χ3v) is 7.99. The summed E-state index contributed by atoms with van der Waals surface area (Å²) >= 11 is 4.29. The fraction of sp³-hybridized carbons (Fsp3) is 0.529. The third kappa shape index (κ3) is 4.49. The number of aromatic nitrogens is 2. The SMILES string of the molecule is CCCCNc1c(N)c(Br)c(C2CCCC2N)c(S(=O)(=O)Nc2ncns2)c1F. The maximum absolute atomic E-state index is 15.7. The molecule has 1 aromatic carbocycles. The number of unbranched alkanes of at least 4 members (excludes halogenated alkanes) is 1. The Labute approximate surface area is 182 Å². The van der Waals surface area contributed by atoms with Crippen molar-refractivity contribution in [2.24, 2.45) is 5.73 Å². The Hall–Kier alpha value is -1.50. The first-order chi connectivity index (χ1) is 13.8.